The zero-order chi connectivity index (χ0) is 28.8. The van der Waals surface area contributed by atoms with Crippen molar-refractivity contribution in [3.63, 3.8) is 0 Å². The Morgan fingerprint density at radius 3 is 2.83 bits per heavy atom. The lowest BCUT2D eigenvalue weighted by molar-refractivity contribution is -0.150. The van der Waals surface area contributed by atoms with Crippen molar-refractivity contribution < 1.29 is 19.5 Å². The Hall–Kier alpha value is -2.00. The number of thiazole rings is 1. The van der Waals surface area contributed by atoms with E-state index in [1.165, 1.54) is 35.1 Å². The second-order valence-electron chi connectivity index (χ2n) is 8.21. The zero-order valence-corrected chi connectivity index (χ0v) is 25.6. The van der Waals surface area contributed by atoms with E-state index in [0.29, 0.717) is 10.7 Å². The van der Waals surface area contributed by atoms with Crippen molar-refractivity contribution in [2.45, 2.75) is 27.4 Å². The molecule has 6 N–H and O–H groups in total. The van der Waals surface area contributed by atoms with Gasteiger partial charge in [0.2, 0.25) is 6.04 Å². The van der Waals surface area contributed by atoms with Crippen molar-refractivity contribution in [2.24, 2.45) is 5.18 Å². The van der Waals surface area contributed by atoms with Gasteiger partial charge in [-0.15, -0.1) is 21.8 Å². The van der Waals surface area contributed by atoms with Gasteiger partial charge in [-0.3, -0.25) is 14.5 Å². The van der Waals surface area contributed by atoms with Gasteiger partial charge in [-0.1, -0.05) is 39.2 Å². The monoisotopic (exact) mass is 665 g/mol. The average Bonchev–Trinajstić information content (AvgIpc) is 3.51. The van der Waals surface area contributed by atoms with E-state index in [4.69, 9.17) is 17.3 Å². The molecular formula is C20H24ClN9O5S5. The Morgan fingerprint density at radius 2 is 2.15 bits per heavy atom. The summed E-state index contributed by atoms with van der Waals surface area (Å²) in [6, 6.07) is -2.65. The number of nitrogen functional groups attached to an aromatic ring is 1. The number of hydrogen-bond donors (Lipinski definition) is 5. The van der Waals surface area contributed by atoms with E-state index in [1.807, 2.05) is 7.05 Å². The number of nitrogens with one attached hydrogen (secondary N) is 3. The van der Waals surface area contributed by atoms with Crippen LogP contribution in [-0.4, -0.2) is 92.0 Å². The number of halogens is 1. The fourth-order valence-electron chi connectivity index (χ4n) is 3.75. The highest BCUT2D eigenvalue weighted by Crippen LogP contribution is 2.46. The summed E-state index contributed by atoms with van der Waals surface area (Å²) in [5.41, 5.74) is 6.10. The summed E-state index contributed by atoms with van der Waals surface area (Å²) in [4.78, 5) is 55.0. The molecule has 14 nitrogen and oxygen atoms in total. The van der Waals surface area contributed by atoms with Crippen LogP contribution in [0.2, 0.25) is 4.34 Å². The molecule has 2 amide bonds. The molecule has 2 aromatic heterocycles. The smallest absolute Gasteiger partial charge is 0.353 e. The van der Waals surface area contributed by atoms with E-state index in [1.54, 1.807) is 11.8 Å². The fourth-order valence-corrected chi connectivity index (χ4v) is 9.09. The molecule has 1 fully saturated rings. The Labute approximate surface area is 254 Å². The Morgan fingerprint density at radius 1 is 1.35 bits per heavy atom. The molecule has 4 rings (SSSR count). The van der Waals surface area contributed by atoms with Gasteiger partial charge in [0.05, 0.1) is 5.69 Å². The van der Waals surface area contributed by atoms with Crippen LogP contribution in [0.25, 0.3) is 0 Å². The lowest BCUT2D eigenvalue weighted by atomic mass is 10.0. The van der Waals surface area contributed by atoms with E-state index < -0.39 is 35.2 Å². The molecule has 2 aliphatic heterocycles. The number of carboxylic acids is 1. The fraction of sp³-hybridized carbons (Fsp3) is 0.500. The first kappa shape index (κ1) is 30.9. The summed E-state index contributed by atoms with van der Waals surface area (Å²) in [5, 5.41) is 25.3. The quantitative estimate of drug-likeness (QED) is 0.104. The molecule has 20 heteroatoms. The van der Waals surface area contributed by atoms with E-state index in [9.17, 15) is 24.4 Å². The van der Waals surface area contributed by atoms with Crippen molar-refractivity contribution >= 4 is 92.7 Å². The first-order valence-corrected chi connectivity index (χ1v) is 16.6. The van der Waals surface area contributed by atoms with Crippen LogP contribution in [0, 0.1) is 4.91 Å². The molecular weight excluding hydrogens is 642 g/mol. The van der Waals surface area contributed by atoms with E-state index >= 15 is 0 Å². The number of rotatable bonds is 15. The van der Waals surface area contributed by atoms with E-state index in [0.717, 1.165) is 51.5 Å². The van der Waals surface area contributed by atoms with Gasteiger partial charge in [-0.25, -0.2) is 9.78 Å². The highest BCUT2D eigenvalue weighted by atomic mass is 35.5. The molecule has 1 saturated heterocycles. The highest BCUT2D eigenvalue weighted by Gasteiger charge is 2.55. The molecule has 0 spiro atoms. The molecule has 0 aliphatic carbocycles. The third-order valence-corrected chi connectivity index (χ3v) is 11.2. The number of amides is 2. The summed E-state index contributed by atoms with van der Waals surface area (Å²) in [7, 11) is 1.90. The number of likely N-dealkylation sites (N-methyl/N-ethyl adjacent to an activating group) is 1. The molecule has 0 radical (unpaired) electrons. The van der Waals surface area contributed by atoms with Gasteiger partial charge in [0.25, 0.3) is 11.8 Å². The number of hydrogen-bond acceptors (Lipinski definition) is 16. The van der Waals surface area contributed by atoms with Crippen molar-refractivity contribution in [3.05, 3.63) is 31.2 Å². The highest BCUT2D eigenvalue weighted by molar-refractivity contribution is 8.07. The van der Waals surface area contributed by atoms with Crippen molar-refractivity contribution in [2.75, 3.05) is 43.9 Å². The number of nitroso groups, excluding NO2 is 1. The van der Waals surface area contributed by atoms with Gasteiger partial charge in [-0.2, -0.15) is 11.8 Å². The van der Waals surface area contributed by atoms with Crippen LogP contribution in [-0.2, 0) is 20.1 Å². The standard InChI is InChI=1S/C20H24ClN9O5S5/c1-23-2-3-24-4-5-36-6-8-19(40-29-27-8)38-9-7-37-17-12(16(32)30(17)13(9)18(33)34)25-15(31)11(28-35)10-14(21)39-20(22)26-10/h11-12,17,23-24H,2-7H2,1H3,(H2,22,26)(H,25,31)(H,33,34)/t11?,12?,17-/m0/s1. The van der Waals surface area contributed by atoms with Crippen LogP contribution in [0.15, 0.2) is 20.0 Å². The van der Waals surface area contributed by atoms with Gasteiger partial charge >= 0.3 is 5.97 Å². The Balaban J connectivity index is 1.40. The maximum absolute atomic E-state index is 13.0. The lowest BCUT2D eigenvalue weighted by Gasteiger charge is -2.49. The minimum atomic E-state index is -1.60. The number of carbonyl (C=O) groups is 3. The van der Waals surface area contributed by atoms with Crippen LogP contribution in [0.1, 0.15) is 17.4 Å². The number of nitrogens with zero attached hydrogens (tertiary/aromatic N) is 5. The predicted molar refractivity (Wildman–Crippen MR) is 158 cm³/mol. The van der Waals surface area contributed by atoms with Crippen molar-refractivity contribution in [1.82, 2.24) is 35.4 Å². The number of nitrogens with two attached hydrogens (primary N) is 1. The largest absolute Gasteiger partial charge is 0.477 e. The molecule has 0 saturated carbocycles. The molecule has 2 unspecified atom stereocenters. The number of β-lactam (4-membered cyclic amide) rings is 1. The van der Waals surface area contributed by atoms with Crippen LogP contribution in [0.3, 0.4) is 0 Å². The number of aliphatic carboxylic acids is 1. The second kappa shape index (κ2) is 14.3. The zero-order valence-electron chi connectivity index (χ0n) is 20.8. The van der Waals surface area contributed by atoms with E-state index in [-0.39, 0.29) is 26.6 Å². The molecule has 2 aliphatic rings. The number of fused-ring (bicyclic) bond motifs is 1. The minimum Gasteiger partial charge on any atom is -0.477 e. The van der Waals surface area contributed by atoms with Gasteiger partial charge in [0.15, 0.2) is 5.13 Å². The minimum absolute atomic E-state index is 0.0418. The van der Waals surface area contributed by atoms with Crippen LogP contribution >= 0.6 is 69.8 Å². The summed E-state index contributed by atoms with van der Waals surface area (Å²) >= 11 is 12.3. The second-order valence-corrected chi connectivity index (χ2v) is 14.2. The summed E-state index contributed by atoms with van der Waals surface area (Å²) in [6.07, 6.45) is 0. The van der Waals surface area contributed by atoms with E-state index in [2.05, 4.69) is 35.7 Å². The van der Waals surface area contributed by atoms with Gasteiger partial charge < -0.3 is 26.8 Å². The third kappa shape index (κ3) is 6.89. The summed E-state index contributed by atoms with van der Waals surface area (Å²) < 4.78 is 4.84. The van der Waals surface area contributed by atoms with Crippen molar-refractivity contribution in [1.29, 1.82) is 0 Å². The SMILES string of the molecule is CNCCNCCSCc1nnsc1SC1=C(C(=O)O)N2C(=O)C(NC(=O)C(N=O)c3nc(N)sc3Cl)[C@@H]2SC1. The van der Waals surface area contributed by atoms with Crippen LogP contribution in [0.4, 0.5) is 5.13 Å². The molecule has 2 aromatic rings. The average molecular weight is 666 g/mol. The van der Waals surface area contributed by atoms with Gasteiger partial charge in [0.1, 0.15) is 31.4 Å². The van der Waals surface area contributed by atoms with Crippen molar-refractivity contribution in [3.8, 4) is 0 Å². The van der Waals surface area contributed by atoms with Gasteiger partial charge in [0, 0.05) is 41.8 Å². The Kier molecular flexibility index (Phi) is 11.0. The molecule has 4 heterocycles. The number of carbonyl (C=O) groups excluding carboxylic acids is 2. The predicted octanol–water partition coefficient (Wildman–Crippen LogP) is 1.57. The number of carboxylic acid groups (broad SMARTS) is 1. The number of thioether (sulfide) groups is 3. The molecule has 0 bridgehead atoms. The molecule has 3 atom stereocenters. The molecule has 40 heavy (non-hydrogen) atoms. The third-order valence-electron chi connectivity index (χ3n) is 5.62. The maximum Gasteiger partial charge on any atom is 0.353 e. The van der Waals surface area contributed by atoms with Crippen LogP contribution < -0.4 is 21.7 Å². The van der Waals surface area contributed by atoms with Crippen LogP contribution in [0.5, 0.6) is 0 Å². The molecule has 0 aromatic carbocycles. The van der Waals surface area contributed by atoms with Gasteiger partial charge in [-0.05, 0) is 23.8 Å². The number of anilines is 1. The molecule has 216 valence electrons. The number of aromatic nitrogens is 3. The Bertz CT molecular complexity index is 1310. The first-order valence-electron chi connectivity index (χ1n) is 11.6. The normalized spacial score (nSPS) is 19.2. The summed E-state index contributed by atoms with van der Waals surface area (Å²) in [6.45, 7) is 2.62. The topological polar surface area (TPSA) is 205 Å². The maximum atomic E-state index is 13.0. The lowest BCUT2D eigenvalue weighted by Crippen LogP contribution is -2.70. The summed E-state index contributed by atoms with van der Waals surface area (Å²) in [5.74, 6) is -0.963. The first-order chi connectivity index (χ1) is 19.3.